The van der Waals surface area contributed by atoms with Gasteiger partial charge in [0.05, 0.1) is 6.54 Å². The second kappa shape index (κ2) is 7.82. The number of nitrogens with one attached hydrogen (secondary N) is 3. The molecule has 31 heavy (non-hydrogen) atoms. The van der Waals surface area contributed by atoms with Crippen molar-refractivity contribution in [2.75, 3.05) is 18.4 Å². The molecule has 2 aromatic rings. The van der Waals surface area contributed by atoms with Crippen molar-refractivity contribution in [3.05, 3.63) is 34.9 Å². The molecular weight excluding hydrogens is 384 g/mol. The minimum absolute atomic E-state index is 0.0714. The van der Waals surface area contributed by atoms with Gasteiger partial charge in [0.1, 0.15) is 17.1 Å². The Labute approximate surface area is 184 Å². The molecule has 4 aliphatic rings. The number of amides is 1. The van der Waals surface area contributed by atoms with Gasteiger partial charge in [-0.1, -0.05) is 6.07 Å². The molecular formula is C26H33N4O+. The number of aromatic amines is 1. The first-order valence-corrected chi connectivity index (χ1v) is 11.9. The van der Waals surface area contributed by atoms with Gasteiger partial charge in [0.15, 0.2) is 0 Å². The Hall–Kier alpha value is -2.61. The van der Waals surface area contributed by atoms with Crippen molar-refractivity contribution in [1.82, 2.24) is 5.32 Å². The predicted octanol–water partition coefficient (Wildman–Crippen LogP) is 4.28. The lowest BCUT2D eigenvalue weighted by molar-refractivity contribution is -0.327. The summed E-state index contributed by atoms with van der Waals surface area (Å²) in [5.41, 5.74) is 3.95. The summed E-state index contributed by atoms with van der Waals surface area (Å²) in [6.07, 6.45) is 8.25. The molecule has 0 aliphatic heterocycles. The fourth-order valence-corrected chi connectivity index (χ4v) is 7.00. The highest BCUT2D eigenvalue weighted by molar-refractivity contribution is 5.83. The monoisotopic (exact) mass is 417 g/mol. The van der Waals surface area contributed by atoms with E-state index in [0.29, 0.717) is 24.6 Å². The Morgan fingerprint density at radius 1 is 1.10 bits per heavy atom. The van der Waals surface area contributed by atoms with Crippen molar-refractivity contribution >= 4 is 22.6 Å². The second-order valence-corrected chi connectivity index (χ2v) is 10.4. The van der Waals surface area contributed by atoms with Gasteiger partial charge < -0.3 is 5.32 Å². The van der Waals surface area contributed by atoms with Crippen LogP contribution >= 0.6 is 0 Å². The number of benzene rings is 1. The molecule has 4 aliphatic carbocycles. The number of rotatable bonds is 6. The van der Waals surface area contributed by atoms with E-state index in [4.69, 9.17) is 0 Å². The van der Waals surface area contributed by atoms with E-state index >= 15 is 0 Å². The van der Waals surface area contributed by atoms with Gasteiger partial charge in [-0.25, -0.2) is 4.98 Å². The molecule has 6 rings (SSSR count). The number of carbonyl (C=O) groups excluding carboxylic acids is 1. The van der Waals surface area contributed by atoms with Crippen molar-refractivity contribution in [2.24, 2.45) is 23.2 Å². The molecule has 0 radical (unpaired) electrons. The summed E-state index contributed by atoms with van der Waals surface area (Å²) in [4.78, 5) is 16.5. The van der Waals surface area contributed by atoms with Crippen LogP contribution in [0.4, 0.5) is 5.82 Å². The van der Waals surface area contributed by atoms with Crippen LogP contribution in [0.15, 0.2) is 18.2 Å². The molecule has 5 nitrogen and oxygen atoms in total. The Morgan fingerprint density at radius 3 is 2.42 bits per heavy atom. The average Bonchev–Trinajstić information content (AvgIpc) is 2.71. The van der Waals surface area contributed by atoms with Gasteiger partial charge in [-0.15, -0.1) is 0 Å². The smallest absolute Gasteiger partial charge is 0.290 e. The number of hydrogen-bond donors (Lipinski definition) is 2. The molecule has 162 valence electrons. The average molecular weight is 418 g/mol. The summed E-state index contributed by atoms with van der Waals surface area (Å²) in [5.74, 6) is 3.43. The first-order valence-electron chi connectivity index (χ1n) is 11.9. The van der Waals surface area contributed by atoms with E-state index in [9.17, 15) is 10.1 Å². The summed E-state index contributed by atoms with van der Waals surface area (Å²) in [6.45, 7) is 5.55. The van der Waals surface area contributed by atoms with E-state index in [1.165, 1.54) is 30.4 Å². The van der Waals surface area contributed by atoms with Gasteiger partial charge in [0.25, 0.3) is 5.82 Å². The van der Waals surface area contributed by atoms with Crippen LogP contribution in [0, 0.1) is 48.3 Å². The van der Waals surface area contributed by atoms with Crippen LogP contribution in [0.2, 0.25) is 0 Å². The number of carbonyl (C=O) groups is 1. The highest BCUT2D eigenvalue weighted by atomic mass is 16.2. The topological polar surface area (TPSA) is 79.1 Å². The zero-order valence-corrected chi connectivity index (χ0v) is 18.7. The number of pyridine rings is 1. The van der Waals surface area contributed by atoms with Crippen LogP contribution in [-0.2, 0) is 4.79 Å². The first-order chi connectivity index (χ1) is 15.0. The molecule has 4 saturated carbocycles. The summed E-state index contributed by atoms with van der Waals surface area (Å²) < 4.78 is 0. The molecule has 5 heteroatoms. The third-order valence-electron chi connectivity index (χ3n) is 7.93. The molecule has 0 unspecified atom stereocenters. The molecule has 1 aromatic carbocycles. The maximum atomic E-state index is 13.1. The van der Waals surface area contributed by atoms with Crippen LogP contribution < -0.4 is 15.6 Å². The van der Waals surface area contributed by atoms with Crippen LogP contribution in [0.1, 0.15) is 61.6 Å². The van der Waals surface area contributed by atoms with Crippen molar-refractivity contribution in [3.63, 3.8) is 0 Å². The number of nitrogens with zero attached hydrogens (tertiary/aromatic N) is 1. The third kappa shape index (κ3) is 3.78. The fraction of sp³-hybridized carbons (Fsp3) is 0.577. The van der Waals surface area contributed by atoms with Crippen molar-refractivity contribution < 1.29 is 9.78 Å². The molecule has 0 atom stereocenters. The summed E-state index contributed by atoms with van der Waals surface area (Å²) in [6, 6.07) is 8.50. The van der Waals surface area contributed by atoms with Crippen LogP contribution in [0.3, 0.4) is 0 Å². The number of H-pyrrole nitrogens is 1. The van der Waals surface area contributed by atoms with Gasteiger partial charge in [-0.3, -0.25) is 10.1 Å². The number of anilines is 1. The van der Waals surface area contributed by atoms with E-state index in [1.54, 1.807) is 0 Å². The molecule has 0 saturated heterocycles. The van der Waals surface area contributed by atoms with Gasteiger partial charge in [0, 0.05) is 23.8 Å². The maximum Gasteiger partial charge on any atom is 0.290 e. The Balaban J connectivity index is 1.17. The second-order valence-electron chi connectivity index (χ2n) is 10.4. The number of fused-ring (bicyclic) bond motifs is 1. The summed E-state index contributed by atoms with van der Waals surface area (Å²) in [5, 5.41) is 17.3. The number of nitriles is 1. The number of aromatic nitrogens is 1. The maximum absolute atomic E-state index is 13.1. The predicted molar refractivity (Wildman–Crippen MR) is 121 cm³/mol. The minimum atomic E-state index is -0.0714. The SMILES string of the molecule is Cc1cc(C)c2cc(C#N)c(NCCCNC(=O)C34CC5CC(CC(C5)C3)C4)[nH+]c2c1. The lowest BCUT2D eigenvalue weighted by atomic mass is 9.49. The van der Waals surface area contributed by atoms with Gasteiger partial charge in [0.2, 0.25) is 5.91 Å². The summed E-state index contributed by atoms with van der Waals surface area (Å²) in [7, 11) is 0. The normalized spacial score (nSPS) is 28.5. The highest BCUT2D eigenvalue weighted by Gasteiger charge is 2.54. The largest absolute Gasteiger partial charge is 0.355 e. The summed E-state index contributed by atoms with van der Waals surface area (Å²) >= 11 is 0. The zero-order chi connectivity index (χ0) is 21.6. The molecule has 4 bridgehead atoms. The Kier molecular flexibility index (Phi) is 5.12. The lowest BCUT2D eigenvalue weighted by Gasteiger charge is -2.55. The molecule has 1 aromatic heterocycles. The number of hydrogen-bond acceptors (Lipinski definition) is 3. The van der Waals surface area contributed by atoms with Crippen LogP contribution in [0.5, 0.6) is 0 Å². The van der Waals surface area contributed by atoms with Gasteiger partial charge >= 0.3 is 0 Å². The number of aryl methyl sites for hydroxylation is 2. The minimum Gasteiger partial charge on any atom is -0.355 e. The third-order valence-corrected chi connectivity index (χ3v) is 7.93. The van der Waals surface area contributed by atoms with E-state index < -0.39 is 0 Å². The van der Waals surface area contributed by atoms with E-state index in [-0.39, 0.29) is 5.41 Å². The van der Waals surface area contributed by atoms with Gasteiger partial charge in [-0.2, -0.15) is 5.26 Å². The van der Waals surface area contributed by atoms with Crippen molar-refractivity contribution in [1.29, 1.82) is 5.26 Å². The molecule has 3 N–H and O–H groups in total. The van der Waals surface area contributed by atoms with E-state index in [2.05, 4.69) is 47.7 Å². The Morgan fingerprint density at radius 2 is 1.77 bits per heavy atom. The molecule has 4 fully saturated rings. The lowest BCUT2D eigenvalue weighted by Crippen LogP contribution is -2.53. The fourth-order valence-electron chi connectivity index (χ4n) is 7.00. The molecule has 0 spiro atoms. The Bertz CT molecular complexity index is 1030. The van der Waals surface area contributed by atoms with Crippen molar-refractivity contribution in [2.45, 2.75) is 58.8 Å². The molecule has 1 heterocycles. The van der Waals surface area contributed by atoms with Gasteiger partial charge in [-0.05, 0) is 93.4 Å². The van der Waals surface area contributed by atoms with Crippen LogP contribution in [-0.4, -0.2) is 19.0 Å². The highest BCUT2D eigenvalue weighted by Crippen LogP contribution is 2.60. The van der Waals surface area contributed by atoms with E-state index in [1.807, 2.05) is 6.07 Å². The quantitative estimate of drug-likeness (QED) is 0.689. The zero-order valence-electron chi connectivity index (χ0n) is 18.7. The first kappa shape index (κ1) is 20.3. The standard InChI is InChI=1S/C26H32N4O/c1-16-6-17(2)22-11-21(15-27)24(30-23(22)7-16)28-4-3-5-29-25(31)26-12-18-8-19(13-26)10-20(9-18)14-26/h6-7,11,18-20H,3-5,8-10,12-14H2,1-2H3,(H,28,30)(H,29,31)/p+1. The van der Waals surface area contributed by atoms with Crippen LogP contribution in [0.25, 0.3) is 10.9 Å². The van der Waals surface area contributed by atoms with Crippen molar-refractivity contribution in [3.8, 4) is 6.07 Å². The van der Waals surface area contributed by atoms with E-state index in [0.717, 1.165) is 60.2 Å². The molecule has 1 amide bonds.